The Bertz CT molecular complexity index is 1920. The highest BCUT2D eigenvalue weighted by molar-refractivity contribution is 14.1. The quantitative estimate of drug-likeness (QED) is 0.126. The number of benzene rings is 3. The molecule has 7 nitrogen and oxygen atoms in total. The summed E-state index contributed by atoms with van der Waals surface area (Å²) in [5.74, 6) is 3.27. The van der Waals surface area contributed by atoms with Crippen molar-refractivity contribution in [3.05, 3.63) is 116 Å². The van der Waals surface area contributed by atoms with Gasteiger partial charge < -0.3 is 14.2 Å². The van der Waals surface area contributed by atoms with Gasteiger partial charge in [-0.1, -0.05) is 59.7 Å². The van der Waals surface area contributed by atoms with E-state index in [9.17, 15) is 9.59 Å². The monoisotopic (exact) mass is 816 g/mol. The van der Waals surface area contributed by atoms with E-state index in [1.807, 2.05) is 73.7 Å². The van der Waals surface area contributed by atoms with Crippen LogP contribution in [-0.2, 0) is 9.53 Å². The Morgan fingerprint density at radius 3 is 2.49 bits per heavy atom. The van der Waals surface area contributed by atoms with Crippen molar-refractivity contribution < 1.29 is 19.0 Å². The highest BCUT2D eigenvalue weighted by Gasteiger charge is 2.35. The molecule has 0 fully saturated rings. The molecule has 10 heteroatoms. The highest BCUT2D eigenvalue weighted by atomic mass is 127. The van der Waals surface area contributed by atoms with Gasteiger partial charge >= 0.3 is 5.97 Å². The molecule has 0 aliphatic carbocycles. The summed E-state index contributed by atoms with van der Waals surface area (Å²) >= 11 is 5.69. The average Bonchev–Trinajstić information content (AvgIpc) is 3.31. The number of esters is 1. The first kappa shape index (κ1) is 31.0. The summed E-state index contributed by atoms with van der Waals surface area (Å²) < 4.78 is 20.9. The van der Waals surface area contributed by atoms with E-state index >= 15 is 0 Å². The summed E-state index contributed by atoms with van der Waals surface area (Å²) in [4.78, 5) is 33.3. The van der Waals surface area contributed by atoms with Crippen LogP contribution in [-0.4, -0.2) is 30.4 Å². The Morgan fingerprint density at radius 2 is 1.81 bits per heavy atom. The molecule has 0 saturated heterocycles. The number of hydrogen-bond donors (Lipinski definition) is 0. The van der Waals surface area contributed by atoms with Gasteiger partial charge in [-0.25, -0.2) is 9.79 Å². The molecule has 0 N–H and O–H groups in total. The van der Waals surface area contributed by atoms with Gasteiger partial charge in [0.15, 0.2) is 4.80 Å². The molecule has 0 bridgehead atoms. The van der Waals surface area contributed by atoms with Crippen molar-refractivity contribution >= 4 is 74.3 Å². The number of rotatable bonds is 9. The lowest BCUT2D eigenvalue weighted by atomic mass is 9.93. The van der Waals surface area contributed by atoms with Crippen molar-refractivity contribution in [2.75, 3.05) is 19.8 Å². The predicted octanol–water partition coefficient (Wildman–Crippen LogP) is 5.56. The van der Waals surface area contributed by atoms with Crippen LogP contribution >= 0.6 is 56.5 Å². The zero-order chi connectivity index (χ0) is 30.5. The summed E-state index contributed by atoms with van der Waals surface area (Å²) in [6.45, 7) is 4.46. The molecule has 2 heterocycles. The van der Waals surface area contributed by atoms with Crippen LogP contribution in [0.15, 0.2) is 82.1 Å². The van der Waals surface area contributed by atoms with Crippen LogP contribution in [0.4, 0.5) is 0 Å². The molecule has 3 aromatic carbocycles. The number of halogens is 2. The molecule has 1 aliphatic heterocycles. The molecule has 1 aromatic heterocycles. The van der Waals surface area contributed by atoms with Gasteiger partial charge in [0, 0.05) is 14.7 Å². The summed E-state index contributed by atoms with van der Waals surface area (Å²) in [5.41, 5.74) is 2.67. The van der Waals surface area contributed by atoms with E-state index in [1.54, 1.807) is 17.6 Å². The van der Waals surface area contributed by atoms with Crippen LogP contribution in [0.1, 0.15) is 36.6 Å². The van der Waals surface area contributed by atoms with Gasteiger partial charge in [-0.2, -0.15) is 0 Å². The second kappa shape index (κ2) is 13.9. The van der Waals surface area contributed by atoms with E-state index in [2.05, 4.69) is 51.1 Å². The maximum Gasteiger partial charge on any atom is 0.338 e. The largest absolute Gasteiger partial charge is 0.494 e. The minimum Gasteiger partial charge on any atom is -0.494 e. The SMILES string of the molecule is C#CCOc1c(I)cc(I)cc1/C=c1\sc2n(c1=O)[C@H](c1ccc(OCC)cc1)C(C(=O)OCC)=C(c1ccccc1)N=2. The molecule has 0 unspecified atom stereocenters. The van der Waals surface area contributed by atoms with E-state index in [0.717, 1.165) is 23.8 Å². The summed E-state index contributed by atoms with van der Waals surface area (Å²) in [5, 5.41) is 0. The number of aromatic nitrogens is 1. The molecule has 5 rings (SSSR count). The van der Waals surface area contributed by atoms with Crippen LogP contribution in [0.2, 0.25) is 0 Å². The van der Waals surface area contributed by atoms with E-state index in [-0.39, 0.29) is 24.3 Å². The molecule has 43 heavy (non-hydrogen) atoms. The molecular formula is C33H26I2N2O5S. The third-order valence-corrected chi connectivity index (χ3v) is 8.91. The molecule has 1 aliphatic rings. The number of terminal acetylenes is 1. The van der Waals surface area contributed by atoms with Crippen molar-refractivity contribution in [2.45, 2.75) is 19.9 Å². The Morgan fingerprint density at radius 1 is 1.07 bits per heavy atom. The summed E-state index contributed by atoms with van der Waals surface area (Å²) in [6, 6.07) is 20.0. The van der Waals surface area contributed by atoms with Crippen LogP contribution in [0.3, 0.4) is 0 Å². The fourth-order valence-electron chi connectivity index (χ4n) is 4.76. The van der Waals surface area contributed by atoms with Gasteiger partial charge in [0.25, 0.3) is 5.56 Å². The third-order valence-electron chi connectivity index (χ3n) is 6.50. The van der Waals surface area contributed by atoms with Crippen LogP contribution in [0.5, 0.6) is 11.5 Å². The number of nitrogens with zero attached hydrogens (tertiary/aromatic N) is 2. The minimum absolute atomic E-state index is 0.0970. The zero-order valence-electron chi connectivity index (χ0n) is 23.3. The predicted molar refractivity (Wildman–Crippen MR) is 185 cm³/mol. The van der Waals surface area contributed by atoms with E-state index < -0.39 is 12.0 Å². The average molecular weight is 816 g/mol. The summed E-state index contributed by atoms with van der Waals surface area (Å²) in [7, 11) is 0. The Balaban J connectivity index is 1.80. The van der Waals surface area contributed by atoms with E-state index in [1.165, 1.54) is 11.3 Å². The summed E-state index contributed by atoms with van der Waals surface area (Å²) in [6.07, 6.45) is 7.26. The molecule has 218 valence electrons. The van der Waals surface area contributed by atoms with Crippen LogP contribution in [0, 0.1) is 19.5 Å². The number of carbonyl (C=O) groups excluding carboxylic acids is 1. The van der Waals surface area contributed by atoms with Crippen molar-refractivity contribution in [1.29, 1.82) is 0 Å². The van der Waals surface area contributed by atoms with Gasteiger partial charge in [0.1, 0.15) is 18.1 Å². The van der Waals surface area contributed by atoms with Crippen molar-refractivity contribution in [2.24, 2.45) is 4.99 Å². The molecule has 1 atom stereocenters. The Kier molecular flexibility index (Phi) is 10.0. The maximum absolute atomic E-state index is 14.2. The van der Waals surface area contributed by atoms with Gasteiger partial charge in [-0.3, -0.25) is 9.36 Å². The lowest BCUT2D eigenvalue weighted by molar-refractivity contribution is -0.138. The van der Waals surface area contributed by atoms with Crippen molar-refractivity contribution in [3.8, 4) is 23.8 Å². The standard InChI is InChI=1S/C33H26I2N2O5S/c1-4-16-42-30-22(17-23(34)19-25(30)35)18-26-31(38)37-29(21-12-14-24(15-13-21)40-5-2)27(32(39)41-6-3)28(36-33(37)43-26)20-10-8-7-9-11-20/h1,7-15,17-19,29H,5-6,16H2,2-3H3/b26-18-/t29-/m1/s1. The van der Waals surface area contributed by atoms with E-state index in [4.69, 9.17) is 25.6 Å². The lowest BCUT2D eigenvalue weighted by Crippen LogP contribution is -2.40. The Labute approximate surface area is 280 Å². The molecule has 0 saturated carbocycles. The Hall–Kier alpha value is -3.41. The minimum atomic E-state index is -0.781. The first-order chi connectivity index (χ1) is 20.9. The number of thiazole rings is 1. The third kappa shape index (κ3) is 6.58. The molecule has 0 amide bonds. The van der Waals surface area contributed by atoms with Crippen LogP contribution < -0.4 is 24.4 Å². The number of hydrogen-bond acceptors (Lipinski definition) is 7. The maximum atomic E-state index is 14.2. The normalized spacial score (nSPS) is 14.5. The topological polar surface area (TPSA) is 79.1 Å². The fraction of sp³-hybridized carbons (Fsp3) is 0.182. The van der Waals surface area contributed by atoms with Gasteiger partial charge in [-0.15, -0.1) is 6.42 Å². The second-order valence-electron chi connectivity index (χ2n) is 9.23. The first-order valence-electron chi connectivity index (χ1n) is 13.4. The smallest absolute Gasteiger partial charge is 0.338 e. The number of ether oxygens (including phenoxy) is 3. The van der Waals surface area contributed by atoms with Gasteiger partial charge in [0.05, 0.1) is 38.6 Å². The number of carbonyl (C=O) groups is 1. The van der Waals surface area contributed by atoms with Crippen molar-refractivity contribution in [1.82, 2.24) is 4.57 Å². The fourth-order valence-corrected chi connectivity index (χ4v) is 7.80. The highest BCUT2D eigenvalue weighted by Crippen LogP contribution is 2.36. The number of fused-ring (bicyclic) bond motifs is 1. The molecule has 0 spiro atoms. The molecular weight excluding hydrogens is 790 g/mol. The molecule has 4 aromatic rings. The van der Waals surface area contributed by atoms with Crippen molar-refractivity contribution in [3.63, 3.8) is 0 Å². The van der Waals surface area contributed by atoms with Gasteiger partial charge in [-0.05, 0) is 94.9 Å². The second-order valence-corrected chi connectivity index (χ2v) is 12.6. The van der Waals surface area contributed by atoms with Crippen LogP contribution in [0.25, 0.3) is 11.8 Å². The zero-order valence-corrected chi connectivity index (χ0v) is 28.4. The molecule has 0 radical (unpaired) electrons. The van der Waals surface area contributed by atoms with Gasteiger partial charge in [0.2, 0.25) is 0 Å². The lowest BCUT2D eigenvalue weighted by Gasteiger charge is -2.26. The van der Waals surface area contributed by atoms with E-state index in [0.29, 0.717) is 33.1 Å². The first-order valence-corrected chi connectivity index (χ1v) is 16.4.